The average Bonchev–Trinajstić information content (AvgIpc) is 3.00. The fraction of sp³-hybridized carbons (Fsp3) is 0.438. The van der Waals surface area contributed by atoms with Crippen molar-refractivity contribution in [1.82, 2.24) is 25.6 Å². The number of aromatic nitrogens is 3. The van der Waals surface area contributed by atoms with Crippen molar-refractivity contribution >= 4 is 5.91 Å². The van der Waals surface area contributed by atoms with Crippen molar-refractivity contribution in [2.75, 3.05) is 20.2 Å². The van der Waals surface area contributed by atoms with Crippen LogP contribution in [0, 0.1) is 11.8 Å². The standard InChI is InChI=1S/C16H21N5O2/c1-11(12-7-17-8-12)16(22)18-9-13-10-21(20-19-13)14-3-5-15(23-2)6-4-14/h3-6,10-12,17H,7-9H2,1-2H3,(H,18,22). The molecule has 3 rings (SSSR count). The Labute approximate surface area is 135 Å². The number of rotatable bonds is 6. The molecule has 2 aromatic rings. The number of nitrogens with zero attached hydrogens (tertiary/aromatic N) is 3. The van der Waals surface area contributed by atoms with Crippen LogP contribution >= 0.6 is 0 Å². The van der Waals surface area contributed by atoms with E-state index in [0.717, 1.165) is 30.2 Å². The first-order chi connectivity index (χ1) is 11.2. The number of methoxy groups -OCH3 is 1. The van der Waals surface area contributed by atoms with Gasteiger partial charge in [0.1, 0.15) is 11.4 Å². The Kier molecular flexibility index (Phi) is 4.57. The fourth-order valence-electron chi connectivity index (χ4n) is 2.46. The van der Waals surface area contributed by atoms with E-state index in [1.54, 1.807) is 11.8 Å². The predicted molar refractivity (Wildman–Crippen MR) is 85.3 cm³/mol. The average molecular weight is 315 g/mol. The van der Waals surface area contributed by atoms with E-state index in [1.165, 1.54) is 0 Å². The van der Waals surface area contributed by atoms with Gasteiger partial charge in [-0.1, -0.05) is 12.1 Å². The SMILES string of the molecule is COc1ccc(-n2cc(CNC(=O)C(C)C3CNC3)nn2)cc1. The minimum atomic E-state index is 0.0212. The second kappa shape index (κ2) is 6.78. The van der Waals surface area contributed by atoms with E-state index in [-0.39, 0.29) is 11.8 Å². The minimum Gasteiger partial charge on any atom is -0.497 e. The summed E-state index contributed by atoms with van der Waals surface area (Å²) in [7, 11) is 1.63. The van der Waals surface area contributed by atoms with Gasteiger partial charge in [-0.3, -0.25) is 4.79 Å². The van der Waals surface area contributed by atoms with Crippen LogP contribution in [0.25, 0.3) is 5.69 Å². The van der Waals surface area contributed by atoms with Gasteiger partial charge in [-0.05, 0) is 43.3 Å². The van der Waals surface area contributed by atoms with Gasteiger partial charge >= 0.3 is 0 Å². The van der Waals surface area contributed by atoms with Crippen LogP contribution in [0.5, 0.6) is 5.75 Å². The number of carbonyl (C=O) groups excluding carboxylic acids is 1. The highest BCUT2D eigenvalue weighted by molar-refractivity contribution is 5.78. The molecular weight excluding hydrogens is 294 g/mol. The van der Waals surface area contributed by atoms with Crippen molar-refractivity contribution < 1.29 is 9.53 Å². The Morgan fingerprint density at radius 1 is 1.43 bits per heavy atom. The second-order valence-corrected chi connectivity index (χ2v) is 5.78. The Hall–Kier alpha value is -2.41. The first kappa shape index (κ1) is 15.5. The van der Waals surface area contributed by atoms with Crippen LogP contribution in [0.1, 0.15) is 12.6 Å². The first-order valence-corrected chi connectivity index (χ1v) is 7.71. The van der Waals surface area contributed by atoms with Crippen molar-refractivity contribution in [2.45, 2.75) is 13.5 Å². The summed E-state index contributed by atoms with van der Waals surface area (Å²) in [5, 5.41) is 14.3. The van der Waals surface area contributed by atoms with Gasteiger partial charge in [0.05, 0.1) is 25.5 Å². The van der Waals surface area contributed by atoms with Gasteiger partial charge in [0.2, 0.25) is 5.91 Å². The lowest BCUT2D eigenvalue weighted by Crippen LogP contribution is -2.49. The molecule has 1 aliphatic heterocycles. The quantitative estimate of drug-likeness (QED) is 0.822. The molecule has 7 nitrogen and oxygen atoms in total. The first-order valence-electron chi connectivity index (χ1n) is 7.71. The van der Waals surface area contributed by atoms with E-state index < -0.39 is 0 Å². The minimum absolute atomic E-state index is 0.0212. The van der Waals surface area contributed by atoms with Crippen molar-refractivity contribution in [3.8, 4) is 11.4 Å². The Morgan fingerprint density at radius 2 is 2.17 bits per heavy atom. The van der Waals surface area contributed by atoms with Crippen LogP contribution in [-0.2, 0) is 11.3 Å². The van der Waals surface area contributed by atoms with Gasteiger partial charge in [0, 0.05) is 5.92 Å². The molecule has 1 fully saturated rings. The van der Waals surface area contributed by atoms with E-state index in [1.807, 2.05) is 37.4 Å². The van der Waals surface area contributed by atoms with Gasteiger partial charge in [-0.25, -0.2) is 4.68 Å². The summed E-state index contributed by atoms with van der Waals surface area (Å²) in [4.78, 5) is 12.1. The highest BCUT2D eigenvalue weighted by atomic mass is 16.5. The zero-order chi connectivity index (χ0) is 16.2. The van der Waals surface area contributed by atoms with E-state index in [2.05, 4.69) is 20.9 Å². The maximum atomic E-state index is 12.1. The lowest BCUT2D eigenvalue weighted by molar-refractivity contribution is -0.126. The topological polar surface area (TPSA) is 81.1 Å². The van der Waals surface area contributed by atoms with Crippen molar-refractivity contribution in [2.24, 2.45) is 11.8 Å². The molecule has 7 heteroatoms. The zero-order valence-electron chi connectivity index (χ0n) is 13.3. The number of amides is 1. The van der Waals surface area contributed by atoms with Crippen molar-refractivity contribution in [3.63, 3.8) is 0 Å². The van der Waals surface area contributed by atoms with E-state index in [4.69, 9.17) is 4.74 Å². The molecule has 2 N–H and O–H groups in total. The molecule has 1 aliphatic rings. The lowest BCUT2D eigenvalue weighted by Gasteiger charge is -2.31. The molecule has 1 aromatic heterocycles. The number of hydrogen-bond acceptors (Lipinski definition) is 5. The normalized spacial score (nSPS) is 15.7. The Balaban J connectivity index is 1.57. The number of ether oxygens (including phenoxy) is 1. The summed E-state index contributed by atoms with van der Waals surface area (Å²) in [5.41, 5.74) is 1.62. The molecule has 0 aliphatic carbocycles. The predicted octanol–water partition coefficient (Wildman–Crippen LogP) is 0.748. The lowest BCUT2D eigenvalue weighted by atomic mass is 9.88. The number of hydrogen-bond donors (Lipinski definition) is 2. The maximum absolute atomic E-state index is 12.1. The summed E-state index contributed by atoms with van der Waals surface area (Å²) in [6.45, 7) is 4.19. The van der Waals surface area contributed by atoms with Gasteiger partial charge in [0.25, 0.3) is 0 Å². The van der Waals surface area contributed by atoms with Gasteiger partial charge in [0.15, 0.2) is 0 Å². The van der Waals surface area contributed by atoms with Crippen molar-refractivity contribution in [3.05, 3.63) is 36.2 Å². The van der Waals surface area contributed by atoms with Crippen LogP contribution in [0.4, 0.5) is 0 Å². The summed E-state index contributed by atoms with van der Waals surface area (Å²) in [5.74, 6) is 1.31. The summed E-state index contributed by atoms with van der Waals surface area (Å²) in [6.07, 6.45) is 1.82. The molecule has 0 radical (unpaired) electrons. The highest BCUT2D eigenvalue weighted by Gasteiger charge is 2.28. The third kappa shape index (κ3) is 3.50. The van der Waals surface area contributed by atoms with Crippen LogP contribution in [0.3, 0.4) is 0 Å². The number of carbonyl (C=O) groups is 1. The molecule has 1 amide bonds. The molecule has 1 saturated heterocycles. The van der Waals surface area contributed by atoms with Crippen LogP contribution in [-0.4, -0.2) is 41.1 Å². The Bertz CT molecular complexity index is 663. The summed E-state index contributed by atoms with van der Waals surface area (Å²) >= 11 is 0. The van der Waals surface area contributed by atoms with Crippen molar-refractivity contribution in [1.29, 1.82) is 0 Å². The maximum Gasteiger partial charge on any atom is 0.223 e. The Morgan fingerprint density at radius 3 is 2.78 bits per heavy atom. The summed E-state index contributed by atoms with van der Waals surface area (Å²) < 4.78 is 6.81. The smallest absolute Gasteiger partial charge is 0.223 e. The molecule has 1 aromatic carbocycles. The van der Waals surface area contributed by atoms with Gasteiger partial charge < -0.3 is 15.4 Å². The molecule has 0 bridgehead atoms. The molecule has 0 saturated carbocycles. The third-order valence-electron chi connectivity index (χ3n) is 4.26. The molecule has 1 unspecified atom stereocenters. The van der Waals surface area contributed by atoms with Crippen LogP contribution < -0.4 is 15.4 Å². The van der Waals surface area contributed by atoms with E-state index >= 15 is 0 Å². The van der Waals surface area contributed by atoms with E-state index in [9.17, 15) is 4.79 Å². The largest absolute Gasteiger partial charge is 0.497 e. The van der Waals surface area contributed by atoms with Crippen LogP contribution in [0.15, 0.2) is 30.5 Å². The van der Waals surface area contributed by atoms with Gasteiger partial charge in [-0.2, -0.15) is 0 Å². The molecule has 122 valence electrons. The van der Waals surface area contributed by atoms with Crippen LogP contribution in [0.2, 0.25) is 0 Å². The molecule has 1 atom stereocenters. The third-order valence-corrected chi connectivity index (χ3v) is 4.26. The number of nitrogens with one attached hydrogen (secondary N) is 2. The fourth-order valence-corrected chi connectivity index (χ4v) is 2.46. The zero-order valence-corrected chi connectivity index (χ0v) is 13.3. The monoisotopic (exact) mass is 315 g/mol. The highest BCUT2D eigenvalue weighted by Crippen LogP contribution is 2.16. The second-order valence-electron chi connectivity index (χ2n) is 5.78. The number of benzene rings is 1. The van der Waals surface area contributed by atoms with Gasteiger partial charge in [-0.15, -0.1) is 5.10 Å². The molecule has 23 heavy (non-hydrogen) atoms. The van der Waals surface area contributed by atoms with E-state index in [0.29, 0.717) is 12.5 Å². The summed E-state index contributed by atoms with van der Waals surface area (Å²) in [6, 6.07) is 7.54. The molecule has 0 spiro atoms. The molecular formula is C16H21N5O2. The molecule has 2 heterocycles.